The van der Waals surface area contributed by atoms with E-state index in [-0.39, 0.29) is 34.1 Å². The van der Waals surface area contributed by atoms with Crippen LogP contribution in [0.25, 0.3) is 0 Å². The Balaban J connectivity index is 1.70. The smallest absolute Gasteiger partial charge is 0.264 e. The third kappa shape index (κ3) is 6.85. The molecule has 1 N–H and O–H groups in total. The Morgan fingerprint density at radius 3 is 2.23 bits per heavy atom. The molecule has 7 nitrogen and oxygen atoms in total. The van der Waals surface area contributed by atoms with Crippen LogP contribution in [-0.4, -0.2) is 43.8 Å². The van der Waals surface area contributed by atoms with Crippen LogP contribution >= 0.6 is 11.6 Å². The summed E-state index contributed by atoms with van der Waals surface area (Å²) in [5.74, 6) is -0.757. The summed E-state index contributed by atoms with van der Waals surface area (Å²) in [5, 5.41) is 3.28. The molecule has 2 amide bonds. The van der Waals surface area contributed by atoms with E-state index in [4.69, 9.17) is 11.6 Å². The third-order valence-corrected chi connectivity index (χ3v) is 9.57. The number of amides is 2. The lowest BCUT2D eigenvalue weighted by molar-refractivity contribution is -0.139. The van der Waals surface area contributed by atoms with Crippen LogP contribution in [0.4, 0.5) is 5.69 Å². The predicted octanol–water partition coefficient (Wildman–Crippen LogP) is 5.63. The Morgan fingerprint density at radius 1 is 0.950 bits per heavy atom. The second-order valence-electron chi connectivity index (χ2n) is 10.4. The van der Waals surface area contributed by atoms with Crippen molar-refractivity contribution in [2.45, 2.75) is 70.0 Å². The Hall–Kier alpha value is -3.36. The molecule has 9 heteroatoms. The van der Waals surface area contributed by atoms with Crippen LogP contribution in [0.1, 0.15) is 49.3 Å². The molecule has 0 unspecified atom stereocenters. The zero-order valence-electron chi connectivity index (χ0n) is 23.1. The Bertz CT molecular complexity index is 1450. The summed E-state index contributed by atoms with van der Waals surface area (Å²) in [5.41, 5.74) is 2.95. The monoisotopic (exact) mass is 581 g/mol. The third-order valence-electron chi connectivity index (χ3n) is 7.48. The van der Waals surface area contributed by atoms with Crippen molar-refractivity contribution in [1.29, 1.82) is 0 Å². The van der Waals surface area contributed by atoms with Crippen LogP contribution in [-0.2, 0) is 26.2 Å². The predicted molar refractivity (Wildman–Crippen MR) is 159 cm³/mol. The average molecular weight is 582 g/mol. The van der Waals surface area contributed by atoms with Crippen molar-refractivity contribution in [3.63, 3.8) is 0 Å². The zero-order valence-corrected chi connectivity index (χ0v) is 24.7. The highest BCUT2D eigenvalue weighted by atomic mass is 35.5. The number of halogens is 1. The summed E-state index contributed by atoms with van der Waals surface area (Å²) in [6.07, 6.45) is 3.96. The van der Waals surface area contributed by atoms with Crippen molar-refractivity contribution in [2.75, 3.05) is 10.8 Å². The number of aryl methyl sites for hydroxylation is 2. The van der Waals surface area contributed by atoms with Crippen LogP contribution in [0, 0.1) is 13.8 Å². The van der Waals surface area contributed by atoms with Crippen molar-refractivity contribution in [3.05, 3.63) is 94.5 Å². The van der Waals surface area contributed by atoms with Gasteiger partial charge >= 0.3 is 0 Å². The van der Waals surface area contributed by atoms with Gasteiger partial charge in [-0.2, -0.15) is 0 Å². The van der Waals surface area contributed by atoms with Crippen LogP contribution in [0.15, 0.2) is 77.7 Å². The highest BCUT2D eigenvalue weighted by Gasteiger charge is 2.34. The lowest BCUT2D eigenvalue weighted by atomic mass is 10.1. The summed E-state index contributed by atoms with van der Waals surface area (Å²) < 4.78 is 28.9. The quantitative estimate of drug-likeness (QED) is 0.336. The fourth-order valence-electron chi connectivity index (χ4n) is 4.95. The minimum atomic E-state index is -4.17. The summed E-state index contributed by atoms with van der Waals surface area (Å²) in [6.45, 7) is 5.14. The number of rotatable bonds is 10. The fourth-order valence-corrected chi connectivity index (χ4v) is 6.67. The first-order valence-electron chi connectivity index (χ1n) is 13.6. The van der Waals surface area contributed by atoms with Gasteiger partial charge in [0.2, 0.25) is 11.8 Å². The minimum Gasteiger partial charge on any atom is -0.352 e. The van der Waals surface area contributed by atoms with E-state index in [0.717, 1.165) is 46.7 Å². The van der Waals surface area contributed by atoms with Gasteiger partial charge in [0, 0.05) is 12.6 Å². The van der Waals surface area contributed by atoms with Gasteiger partial charge in [0.1, 0.15) is 12.6 Å². The topological polar surface area (TPSA) is 86.8 Å². The van der Waals surface area contributed by atoms with Crippen LogP contribution in [0.2, 0.25) is 5.02 Å². The van der Waals surface area contributed by atoms with Gasteiger partial charge in [-0.05, 0) is 69.0 Å². The molecule has 0 spiro atoms. The van der Waals surface area contributed by atoms with Crippen LogP contribution in [0.3, 0.4) is 0 Å². The van der Waals surface area contributed by atoms with Gasteiger partial charge in [-0.3, -0.25) is 13.9 Å². The van der Waals surface area contributed by atoms with Crippen molar-refractivity contribution in [3.8, 4) is 0 Å². The maximum atomic E-state index is 14.1. The maximum absolute atomic E-state index is 14.1. The van der Waals surface area contributed by atoms with E-state index in [1.807, 2.05) is 38.1 Å². The molecule has 0 radical (unpaired) electrons. The molecule has 4 rings (SSSR count). The van der Waals surface area contributed by atoms with Gasteiger partial charge in [0.15, 0.2) is 0 Å². The van der Waals surface area contributed by atoms with E-state index in [1.54, 1.807) is 43.3 Å². The number of hydrogen-bond donors (Lipinski definition) is 1. The molecule has 0 bridgehead atoms. The van der Waals surface area contributed by atoms with Gasteiger partial charge in [0.25, 0.3) is 10.0 Å². The lowest BCUT2D eigenvalue weighted by Crippen LogP contribution is -2.52. The maximum Gasteiger partial charge on any atom is 0.264 e. The van der Waals surface area contributed by atoms with Crippen molar-refractivity contribution in [1.82, 2.24) is 10.2 Å². The molecule has 1 atom stereocenters. The SMILES string of the molecule is Cc1ccc(S(=O)(=O)N(CC(=O)N(Cc2ccccc2C)[C@H](C)C(=O)NC2CCCC2)c2ccccc2Cl)cc1. The molecule has 1 fully saturated rings. The number of carbonyl (C=O) groups excluding carboxylic acids is 2. The van der Waals surface area contributed by atoms with Crippen molar-refractivity contribution in [2.24, 2.45) is 0 Å². The number of sulfonamides is 1. The Morgan fingerprint density at radius 2 is 1.57 bits per heavy atom. The highest BCUT2D eigenvalue weighted by Crippen LogP contribution is 2.31. The number of nitrogens with zero attached hydrogens (tertiary/aromatic N) is 2. The van der Waals surface area contributed by atoms with Gasteiger partial charge in [-0.1, -0.05) is 78.5 Å². The van der Waals surface area contributed by atoms with Gasteiger partial charge in [-0.25, -0.2) is 8.42 Å². The van der Waals surface area contributed by atoms with E-state index in [0.29, 0.717) is 0 Å². The molecule has 0 aromatic heterocycles. The van der Waals surface area contributed by atoms with Crippen LogP contribution < -0.4 is 9.62 Å². The number of anilines is 1. The van der Waals surface area contributed by atoms with E-state index in [9.17, 15) is 18.0 Å². The molecular weight excluding hydrogens is 546 g/mol. The van der Waals surface area contributed by atoms with Gasteiger partial charge in [-0.15, -0.1) is 0 Å². The van der Waals surface area contributed by atoms with Crippen molar-refractivity contribution >= 4 is 39.1 Å². The molecule has 1 aliphatic rings. The molecule has 1 aliphatic carbocycles. The van der Waals surface area contributed by atoms with Crippen molar-refractivity contribution < 1.29 is 18.0 Å². The summed E-state index contributed by atoms with van der Waals surface area (Å²) in [4.78, 5) is 28.9. The number of hydrogen-bond acceptors (Lipinski definition) is 4. The number of para-hydroxylation sites is 1. The molecule has 0 heterocycles. The van der Waals surface area contributed by atoms with E-state index in [1.165, 1.54) is 17.0 Å². The van der Waals surface area contributed by atoms with Gasteiger partial charge < -0.3 is 10.2 Å². The Kier molecular flexibility index (Phi) is 9.53. The first-order chi connectivity index (χ1) is 19.1. The highest BCUT2D eigenvalue weighted by molar-refractivity contribution is 7.92. The molecule has 0 saturated heterocycles. The standard InChI is InChI=1S/C31H36ClN3O4S/c1-22-16-18-27(19-17-22)40(38,39)35(29-15-9-8-14-28(29)32)21-30(36)34(20-25-11-5-4-10-23(25)2)24(3)31(37)33-26-12-6-7-13-26/h4-5,8-11,14-19,24,26H,6-7,12-13,20-21H2,1-3H3,(H,33,37)/t24-/m1/s1. The van der Waals surface area contributed by atoms with Crippen LogP contribution in [0.5, 0.6) is 0 Å². The summed E-state index contributed by atoms with van der Waals surface area (Å²) >= 11 is 6.46. The first-order valence-corrected chi connectivity index (χ1v) is 15.4. The van der Waals surface area contributed by atoms with Gasteiger partial charge in [0.05, 0.1) is 15.6 Å². The number of carbonyl (C=O) groups is 2. The summed E-state index contributed by atoms with van der Waals surface area (Å²) in [6, 6.07) is 19.9. The van der Waals surface area contributed by atoms with E-state index in [2.05, 4.69) is 5.32 Å². The molecule has 3 aromatic carbocycles. The second kappa shape index (κ2) is 12.9. The summed E-state index contributed by atoms with van der Waals surface area (Å²) in [7, 11) is -4.17. The number of benzene rings is 3. The Labute approximate surface area is 242 Å². The molecule has 3 aromatic rings. The molecule has 212 valence electrons. The number of nitrogens with one attached hydrogen (secondary N) is 1. The minimum absolute atomic E-state index is 0.0447. The van der Waals surface area contributed by atoms with E-state index < -0.39 is 28.5 Å². The van der Waals surface area contributed by atoms with E-state index >= 15 is 0 Å². The largest absolute Gasteiger partial charge is 0.352 e. The molecular formula is C31H36ClN3O4S. The molecule has 40 heavy (non-hydrogen) atoms. The molecule has 0 aliphatic heterocycles. The lowest BCUT2D eigenvalue weighted by Gasteiger charge is -2.33. The normalized spacial score (nSPS) is 14.5. The second-order valence-corrected chi connectivity index (χ2v) is 12.7. The first kappa shape index (κ1) is 29.6. The fraction of sp³-hybridized carbons (Fsp3) is 0.355. The molecule has 1 saturated carbocycles. The zero-order chi connectivity index (χ0) is 28.9. The average Bonchev–Trinajstić information content (AvgIpc) is 3.44.